The lowest BCUT2D eigenvalue weighted by Crippen LogP contribution is -2.48. The maximum Gasteiger partial charge on any atom is 0.269 e. The molecule has 2 heterocycles. The van der Waals surface area contributed by atoms with Gasteiger partial charge in [-0.05, 0) is 44.2 Å². The van der Waals surface area contributed by atoms with Crippen LogP contribution in [0.1, 0.15) is 38.5 Å². The van der Waals surface area contributed by atoms with Crippen LogP contribution in [-0.2, 0) is 4.79 Å². The Labute approximate surface area is 141 Å². The van der Waals surface area contributed by atoms with E-state index in [2.05, 4.69) is 16.0 Å². The zero-order valence-corrected chi connectivity index (χ0v) is 13.7. The minimum Gasteiger partial charge on any atom is -0.385 e. The van der Waals surface area contributed by atoms with Crippen molar-refractivity contribution in [1.29, 1.82) is 0 Å². The van der Waals surface area contributed by atoms with Crippen LogP contribution in [-0.4, -0.2) is 35.5 Å². The Hall–Kier alpha value is -2.15. The van der Waals surface area contributed by atoms with Gasteiger partial charge in [0.05, 0.1) is 4.92 Å². The van der Waals surface area contributed by atoms with Crippen molar-refractivity contribution in [3.63, 3.8) is 0 Å². The second kappa shape index (κ2) is 7.61. The molecule has 0 saturated carbocycles. The average molecular weight is 332 g/mol. The van der Waals surface area contributed by atoms with Crippen LogP contribution in [0.2, 0.25) is 0 Å². The number of non-ortho nitro benzene ring substituents is 1. The van der Waals surface area contributed by atoms with E-state index in [1.165, 1.54) is 25.0 Å². The van der Waals surface area contributed by atoms with Gasteiger partial charge in [-0.3, -0.25) is 14.9 Å². The predicted molar refractivity (Wildman–Crippen MR) is 91.9 cm³/mol. The Balaban J connectivity index is 1.32. The SMILES string of the molecule is O=C(CCCNc1ccc([N+](=O)[O-])cc1)NC1CC2CCC(C1)N2. The zero-order chi connectivity index (χ0) is 16.9. The van der Waals surface area contributed by atoms with Crippen molar-refractivity contribution >= 4 is 17.3 Å². The highest BCUT2D eigenvalue weighted by molar-refractivity contribution is 5.76. The van der Waals surface area contributed by atoms with Gasteiger partial charge in [-0.25, -0.2) is 0 Å². The molecule has 2 saturated heterocycles. The van der Waals surface area contributed by atoms with E-state index in [1.807, 2.05) is 0 Å². The lowest BCUT2D eigenvalue weighted by molar-refractivity contribution is -0.384. The average Bonchev–Trinajstić information content (AvgIpc) is 2.90. The fraction of sp³-hybridized carbons (Fsp3) is 0.588. The van der Waals surface area contributed by atoms with Crippen LogP contribution in [0.15, 0.2) is 24.3 Å². The summed E-state index contributed by atoms with van der Waals surface area (Å²) in [7, 11) is 0. The molecule has 0 aliphatic carbocycles. The van der Waals surface area contributed by atoms with Crippen LogP contribution in [0.25, 0.3) is 0 Å². The maximum atomic E-state index is 12.0. The molecule has 3 N–H and O–H groups in total. The van der Waals surface area contributed by atoms with Gasteiger partial charge in [-0.2, -0.15) is 0 Å². The summed E-state index contributed by atoms with van der Waals surface area (Å²) in [6.45, 7) is 0.669. The maximum absolute atomic E-state index is 12.0. The minimum absolute atomic E-state index is 0.0795. The van der Waals surface area contributed by atoms with E-state index in [1.54, 1.807) is 12.1 Å². The number of amides is 1. The van der Waals surface area contributed by atoms with Crippen LogP contribution in [0.3, 0.4) is 0 Å². The molecule has 7 heteroatoms. The van der Waals surface area contributed by atoms with Crippen LogP contribution in [0, 0.1) is 10.1 Å². The molecule has 2 aliphatic heterocycles. The van der Waals surface area contributed by atoms with E-state index in [0.29, 0.717) is 31.1 Å². The van der Waals surface area contributed by atoms with Gasteiger partial charge in [0.1, 0.15) is 0 Å². The molecule has 2 fully saturated rings. The van der Waals surface area contributed by atoms with Crippen molar-refractivity contribution in [3.05, 3.63) is 34.4 Å². The molecular weight excluding hydrogens is 308 g/mol. The second-order valence-electron chi connectivity index (χ2n) is 6.71. The number of nitrogens with one attached hydrogen (secondary N) is 3. The normalized spacial score (nSPS) is 25.2. The molecule has 0 spiro atoms. The molecule has 24 heavy (non-hydrogen) atoms. The number of hydrogen-bond acceptors (Lipinski definition) is 5. The number of piperidine rings is 1. The van der Waals surface area contributed by atoms with Gasteiger partial charge in [0.2, 0.25) is 5.91 Å². The molecule has 1 aromatic rings. The fourth-order valence-electron chi connectivity index (χ4n) is 3.66. The smallest absolute Gasteiger partial charge is 0.269 e. The molecule has 2 aliphatic rings. The summed E-state index contributed by atoms with van der Waals surface area (Å²) < 4.78 is 0. The van der Waals surface area contributed by atoms with E-state index in [-0.39, 0.29) is 11.6 Å². The van der Waals surface area contributed by atoms with E-state index >= 15 is 0 Å². The number of benzene rings is 1. The van der Waals surface area contributed by atoms with Gasteiger partial charge in [-0.15, -0.1) is 0 Å². The fourth-order valence-corrected chi connectivity index (χ4v) is 3.66. The van der Waals surface area contributed by atoms with Crippen molar-refractivity contribution in [2.45, 2.75) is 56.7 Å². The number of anilines is 1. The number of nitro groups is 1. The molecule has 0 radical (unpaired) electrons. The highest BCUT2D eigenvalue weighted by Gasteiger charge is 2.33. The summed E-state index contributed by atoms with van der Waals surface area (Å²) in [6, 6.07) is 7.79. The summed E-state index contributed by atoms with van der Waals surface area (Å²) in [5.74, 6) is 0.117. The number of carbonyl (C=O) groups excluding carboxylic acids is 1. The van der Waals surface area contributed by atoms with Gasteiger partial charge < -0.3 is 16.0 Å². The van der Waals surface area contributed by atoms with E-state index in [9.17, 15) is 14.9 Å². The first-order valence-corrected chi connectivity index (χ1v) is 8.64. The Morgan fingerprint density at radius 1 is 1.21 bits per heavy atom. The molecule has 1 aromatic carbocycles. The summed E-state index contributed by atoms with van der Waals surface area (Å²) in [4.78, 5) is 22.2. The molecular formula is C17H24N4O3. The summed E-state index contributed by atoms with van der Waals surface area (Å²) in [6.07, 6.45) is 5.79. The first-order valence-electron chi connectivity index (χ1n) is 8.64. The predicted octanol–water partition coefficient (Wildman–Crippen LogP) is 2.19. The van der Waals surface area contributed by atoms with Crippen molar-refractivity contribution in [2.24, 2.45) is 0 Å². The number of fused-ring (bicyclic) bond motifs is 2. The number of nitro benzene ring substituents is 1. The molecule has 0 aromatic heterocycles. The van der Waals surface area contributed by atoms with Gasteiger partial charge >= 0.3 is 0 Å². The van der Waals surface area contributed by atoms with Crippen LogP contribution in [0.5, 0.6) is 0 Å². The lowest BCUT2D eigenvalue weighted by atomic mass is 9.99. The molecule has 3 rings (SSSR count). The quantitative estimate of drug-likeness (QED) is 0.404. The lowest BCUT2D eigenvalue weighted by Gasteiger charge is -2.29. The van der Waals surface area contributed by atoms with E-state index in [4.69, 9.17) is 0 Å². The van der Waals surface area contributed by atoms with E-state index in [0.717, 1.165) is 24.9 Å². The standard InChI is InChI=1S/C17H24N4O3/c22-17(20-15-10-13-3-4-14(11-15)19-13)2-1-9-18-12-5-7-16(8-6-12)21(23)24/h5-8,13-15,18-19H,1-4,9-11H2,(H,20,22). The first kappa shape index (κ1) is 16.7. The van der Waals surface area contributed by atoms with Crippen molar-refractivity contribution in [3.8, 4) is 0 Å². The molecule has 1 amide bonds. The minimum atomic E-state index is -0.416. The van der Waals surface area contributed by atoms with Crippen molar-refractivity contribution in [1.82, 2.24) is 10.6 Å². The Morgan fingerprint density at radius 2 is 1.88 bits per heavy atom. The molecule has 130 valence electrons. The third kappa shape index (κ3) is 4.44. The molecule has 7 nitrogen and oxygen atoms in total. The molecule has 2 bridgehead atoms. The number of nitrogens with zero attached hydrogens (tertiary/aromatic N) is 1. The third-order valence-electron chi connectivity index (χ3n) is 4.83. The monoisotopic (exact) mass is 332 g/mol. The first-order chi connectivity index (χ1) is 11.6. The third-order valence-corrected chi connectivity index (χ3v) is 4.83. The number of rotatable bonds is 7. The topological polar surface area (TPSA) is 96.3 Å². The second-order valence-corrected chi connectivity index (χ2v) is 6.71. The Morgan fingerprint density at radius 3 is 2.50 bits per heavy atom. The van der Waals surface area contributed by atoms with Crippen LogP contribution < -0.4 is 16.0 Å². The van der Waals surface area contributed by atoms with Gasteiger partial charge in [0.15, 0.2) is 0 Å². The van der Waals surface area contributed by atoms with Crippen molar-refractivity contribution < 1.29 is 9.72 Å². The zero-order valence-electron chi connectivity index (χ0n) is 13.7. The highest BCUT2D eigenvalue weighted by atomic mass is 16.6. The highest BCUT2D eigenvalue weighted by Crippen LogP contribution is 2.26. The summed E-state index contributed by atoms with van der Waals surface area (Å²) in [5, 5.41) is 20.5. The number of hydrogen-bond donors (Lipinski definition) is 3. The van der Waals surface area contributed by atoms with Gasteiger partial charge in [0.25, 0.3) is 5.69 Å². The van der Waals surface area contributed by atoms with Crippen LogP contribution >= 0.6 is 0 Å². The Bertz CT molecular complexity index is 578. The largest absolute Gasteiger partial charge is 0.385 e. The van der Waals surface area contributed by atoms with Gasteiger partial charge in [-0.1, -0.05) is 0 Å². The van der Waals surface area contributed by atoms with E-state index < -0.39 is 4.92 Å². The molecule has 2 unspecified atom stereocenters. The molecule has 2 atom stereocenters. The van der Waals surface area contributed by atoms with Gasteiger partial charge in [0, 0.05) is 48.9 Å². The summed E-state index contributed by atoms with van der Waals surface area (Å²) in [5.41, 5.74) is 0.909. The number of carbonyl (C=O) groups is 1. The summed E-state index contributed by atoms with van der Waals surface area (Å²) >= 11 is 0. The Kier molecular flexibility index (Phi) is 5.30. The van der Waals surface area contributed by atoms with Crippen LogP contribution in [0.4, 0.5) is 11.4 Å². The van der Waals surface area contributed by atoms with Crippen molar-refractivity contribution in [2.75, 3.05) is 11.9 Å².